The topological polar surface area (TPSA) is 79.8 Å². The molecule has 0 aliphatic heterocycles. The van der Waals surface area contributed by atoms with E-state index in [9.17, 15) is 9.59 Å². The summed E-state index contributed by atoms with van der Waals surface area (Å²) in [6, 6.07) is 14.9. The number of amides is 1. The molecule has 3 aromatic rings. The fourth-order valence-electron chi connectivity index (χ4n) is 2.32. The van der Waals surface area contributed by atoms with Crippen LogP contribution in [0.25, 0.3) is 5.69 Å². The van der Waals surface area contributed by atoms with Gasteiger partial charge in [-0.05, 0) is 43.2 Å². The third kappa shape index (κ3) is 4.00. The van der Waals surface area contributed by atoms with Gasteiger partial charge in [-0.25, -0.2) is 4.79 Å². The molecule has 0 fully saturated rings. The molecule has 25 heavy (non-hydrogen) atoms. The van der Waals surface area contributed by atoms with E-state index in [-0.39, 0.29) is 17.3 Å². The smallest absolute Gasteiger partial charge is 0.325 e. The molecule has 0 atom stereocenters. The summed E-state index contributed by atoms with van der Waals surface area (Å²) in [5.74, 6) is 0.0172. The normalized spacial score (nSPS) is 10.6. The summed E-state index contributed by atoms with van der Waals surface area (Å²) in [4.78, 5) is 26.8. The lowest BCUT2D eigenvalue weighted by molar-refractivity contribution is -0.113. The van der Waals surface area contributed by atoms with Crippen LogP contribution in [0.3, 0.4) is 0 Å². The Morgan fingerprint density at radius 3 is 2.68 bits per heavy atom. The number of carbonyl (C=O) groups is 1. The minimum Gasteiger partial charge on any atom is -0.325 e. The van der Waals surface area contributed by atoms with Crippen molar-refractivity contribution in [3.63, 3.8) is 0 Å². The first-order valence-electron chi connectivity index (χ1n) is 7.78. The maximum Gasteiger partial charge on any atom is 0.348 e. The lowest BCUT2D eigenvalue weighted by Gasteiger charge is -2.09. The molecule has 2 aromatic carbocycles. The summed E-state index contributed by atoms with van der Waals surface area (Å²) in [7, 11) is 0. The zero-order valence-electron chi connectivity index (χ0n) is 13.9. The molecule has 1 amide bonds. The Hall–Kier alpha value is -2.80. The summed E-state index contributed by atoms with van der Waals surface area (Å²) in [6.45, 7) is 3.97. The van der Waals surface area contributed by atoms with Gasteiger partial charge in [-0.1, -0.05) is 42.1 Å². The Balaban J connectivity index is 1.65. The molecule has 0 aliphatic rings. The number of carbonyl (C=O) groups excluding carboxylic acids is 1. The van der Waals surface area contributed by atoms with Crippen molar-refractivity contribution in [3.8, 4) is 5.69 Å². The number of aromatic amines is 1. The Morgan fingerprint density at radius 2 is 1.92 bits per heavy atom. The zero-order valence-corrected chi connectivity index (χ0v) is 14.8. The summed E-state index contributed by atoms with van der Waals surface area (Å²) < 4.78 is 1.28. The number of aryl methyl sites for hydroxylation is 1. The average molecular weight is 354 g/mol. The van der Waals surface area contributed by atoms with Gasteiger partial charge < -0.3 is 5.32 Å². The van der Waals surface area contributed by atoms with E-state index in [1.807, 2.05) is 50.2 Å². The summed E-state index contributed by atoms with van der Waals surface area (Å²) in [5.41, 5.74) is 3.31. The van der Waals surface area contributed by atoms with Crippen molar-refractivity contribution in [3.05, 3.63) is 70.1 Å². The van der Waals surface area contributed by atoms with Crippen molar-refractivity contribution >= 4 is 23.4 Å². The molecular formula is C18H18N4O2S. The first-order chi connectivity index (χ1) is 12.0. The number of anilines is 1. The predicted molar refractivity (Wildman–Crippen MR) is 99.5 cm³/mol. The molecule has 0 spiro atoms. The highest BCUT2D eigenvalue weighted by atomic mass is 32.2. The van der Waals surface area contributed by atoms with Crippen LogP contribution in [0.15, 0.2) is 58.5 Å². The second-order valence-corrected chi connectivity index (χ2v) is 6.53. The largest absolute Gasteiger partial charge is 0.348 e. The molecule has 7 heteroatoms. The summed E-state index contributed by atoms with van der Waals surface area (Å²) >= 11 is 1.19. The van der Waals surface area contributed by atoms with Gasteiger partial charge in [0.25, 0.3) is 0 Å². The second-order valence-electron chi connectivity index (χ2n) is 5.57. The highest BCUT2D eigenvalue weighted by Crippen LogP contribution is 2.19. The Labute approximate surface area is 149 Å². The lowest BCUT2D eigenvalue weighted by atomic mass is 10.1. The van der Waals surface area contributed by atoms with E-state index >= 15 is 0 Å². The molecule has 1 heterocycles. The number of H-pyrrole nitrogens is 1. The first kappa shape index (κ1) is 17.0. The molecule has 0 saturated heterocycles. The molecular weight excluding hydrogens is 336 g/mol. The standard InChI is InChI=1S/C18H18N4O2S/c1-12-7-6-10-15(13(12)2)19-16(23)11-25-17-20-18(24)22(21-17)14-8-4-3-5-9-14/h3-10H,11H2,1-2H3,(H,19,23)(H,20,21,24). The van der Waals surface area contributed by atoms with Crippen LogP contribution >= 0.6 is 11.8 Å². The zero-order chi connectivity index (χ0) is 17.8. The minimum atomic E-state index is -0.330. The van der Waals surface area contributed by atoms with Crippen molar-refractivity contribution < 1.29 is 4.79 Å². The Morgan fingerprint density at radius 1 is 1.16 bits per heavy atom. The van der Waals surface area contributed by atoms with Gasteiger partial charge in [0.2, 0.25) is 5.91 Å². The molecule has 0 aliphatic carbocycles. The number of aromatic nitrogens is 3. The van der Waals surface area contributed by atoms with Crippen LogP contribution in [0.5, 0.6) is 0 Å². The summed E-state index contributed by atoms with van der Waals surface area (Å²) in [6.07, 6.45) is 0. The average Bonchev–Trinajstić information content (AvgIpc) is 2.99. The van der Waals surface area contributed by atoms with Crippen molar-refractivity contribution in [1.29, 1.82) is 0 Å². The van der Waals surface area contributed by atoms with Crippen molar-refractivity contribution in [1.82, 2.24) is 14.8 Å². The van der Waals surface area contributed by atoms with E-state index in [4.69, 9.17) is 0 Å². The van der Waals surface area contributed by atoms with Crippen molar-refractivity contribution in [2.75, 3.05) is 11.1 Å². The van der Waals surface area contributed by atoms with Crippen LogP contribution in [-0.2, 0) is 4.79 Å². The van der Waals surface area contributed by atoms with E-state index in [2.05, 4.69) is 15.4 Å². The highest BCUT2D eigenvalue weighted by Gasteiger charge is 2.11. The maximum atomic E-state index is 12.2. The van der Waals surface area contributed by atoms with Gasteiger partial charge >= 0.3 is 5.69 Å². The van der Waals surface area contributed by atoms with Crippen LogP contribution in [0, 0.1) is 13.8 Å². The molecule has 2 N–H and O–H groups in total. The van der Waals surface area contributed by atoms with E-state index in [0.717, 1.165) is 16.8 Å². The van der Waals surface area contributed by atoms with Crippen LogP contribution in [0.2, 0.25) is 0 Å². The summed E-state index contributed by atoms with van der Waals surface area (Å²) in [5, 5.41) is 7.52. The Kier molecular flexibility index (Phi) is 5.04. The maximum absolute atomic E-state index is 12.2. The van der Waals surface area contributed by atoms with Crippen LogP contribution in [-0.4, -0.2) is 26.4 Å². The number of thioether (sulfide) groups is 1. The number of nitrogens with one attached hydrogen (secondary N) is 2. The monoisotopic (exact) mass is 354 g/mol. The van der Waals surface area contributed by atoms with Crippen molar-refractivity contribution in [2.45, 2.75) is 19.0 Å². The van der Waals surface area contributed by atoms with E-state index in [1.165, 1.54) is 16.4 Å². The number of hydrogen-bond donors (Lipinski definition) is 2. The second kappa shape index (κ2) is 7.40. The molecule has 6 nitrogen and oxygen atoms in total. The quantitative estimate of drug-likeness (QED) is 0.691. The number of para-hydroxylation sites is 1. The fourth-order valence-corrected chi connectivity index (χ4v) is 2.96. The molecule has 0 radical (unpaired) electrons. The third-order valence-corrected chi connectivity index (χ3v) is 4.68. The molecule has 128 valence electrons. The van der Waals surface area contributed by atoms with E-state index < -0.39 is 0 Å². The number of hydrogen-bond acceptors (Lipinski definition) is 4. The lowest BCUT2D eigenvalue weighted by Crippen LogP contribution is -2.15. The van der Waals surface area contributed by atoms with Gasteiger partial charge in [-0.3, -0.25) is 9.78 Å². The third-order valence-electron chi connectivity index (χ3n) is 3.82. The van der Waals surface area contributed by atoms with Crippen LogP contribution in [0.4, 0.5) is 5.69 Å². The van der Waals surface area contributed by atoms with Gasteiger partial charge in [0.1, 0.15) is 0 Å². The van der Waals surface area contributed by atoms with Crippen molar-refractivity contribution in [2.24, 2.45) is 0 Å². The minimum absolute atomic E-state index is 0.145. The predicted octanol–water partition coefficient (Wildman–Crippen LogP) is 2.91. The Bertz CT molecular complexity index is 947. The molecule has 0 bridgehead atoms. The van der Waals surface area contributed by atoms with Crippen LogP contribution in [0.1, 0.15) is 11.1 Å². The molecule has 3 rings (SSSR count). The molecule has 1 aromatic heterocycles. The van der Waals surface area contributed by atoms with Gasteiger partial charge in [0.15, 0.2) is 5.16 Å². The van der Waals surface area contributed by atoms with Gasteiger partial charge in [-0.15, -0.1) is 5.10 Å². The van der Waals surface area contributed by atoms with Crippen LogP contribution < -0.4 is 11.0 Å². The van der Waals surface area contributed by atoms with Gasteiger partial charge in [0, 0.05) is 5.69 Å². The van der Waals surface area contributed by atoms with E-state index in [0.29, 0.717) is 10.8 Å². The number of nitrogens with zero attached hydrogens (tertiary/aromatic N) is 2. The number of benzene rings is 2. The highest BCUT2D eigenvalue weighted by molar-refractivity contribution is 7.99. The molecule has 0 saturated carbocycles. The van der Waals surface area contributed by atoms with Gasteiger partial charge in [0.05, 0.1) is 11.4 Å². The molecule has 0 unspecified atom stereocenters. The first-order valence-corrected chi connectivity index (χ1v) is 8.77. The van der Waals surface area contributed by atoms with Gasteiger partial charge in [-0.2, -0.15) is 4.68 Å². The fraction of sp³-hybridized carbons (Fsp3) is 0.167. The van der Waals surface area contributed by atoms with E-state index in [1.54, 1.807) is 12.1 Å². The number of rotatable bonds is 5. The SMILES string of the molecule is Cc1cccc(NC(=O)CSc2nn(-c3ccccc3)c(=O)[nH]2)c1C.